The van der Waals surface area contributed by atoms with Gasteiger partial charge in [-0.1, -0.05) is 23.7 Å². The van der Waals surface area contributed by atoms with E-state index in [1.807, 2.05) is 36.6 Å². The maximum Gasteiger partial charge on any atom is 0.133 e. The van der Waals surface area contributed by atoms with Crippen LogP contribution in [0.5, 0.6) is 0 Å². The fourth-order valence-corrected chi connectivity index (χ4v) is 2.58. The first-order valence-electron chi connectivity index (χ1n) is 5.75. The molecule has 1 atom stereocenters. The van der Waals surface area contributed by atoms with Crippen molar-refractivity contribution in [2.24, 2.45) is 4.99 Å². The monoisotopic (exact) mass is 289 g/mol. The van der Waals surface area contributed by atoms with E-state index in [-0.39, 0.29) is 5.92 Å². The smallest absolute Gasteiger partial charge is 0.133 e. The van der Waals surface area contributed by atoms with Crippen molar-refractivity contribution in [2.75, 3.05) is 0 Å². The molecule has 0 radical (unpaired) electrons. The van der Waals surface area contributed by atoms with Gasteiger partial charge in [0.25, 0.3) is 0 Å². The van der Waals surface area contributed by atoms with Gasteiger partial charge in [0.15, 0.2) is 0 Å². The van der Waals surface area contributed by atoms with Crippen LogP contribution in [0.4, 0.5) is 0 Å². The normalized spacial score (nSPS) is 12.5. The van der Waals surface area contributed by atoms with Crippen molar-refractivity contribution in [3.63, 3.8) is 0 Å². The summed E-state index contributed by atoms with van der Waals surface area (Å²) in [6.45, 7) is 2.43. The molecule has 0 spiro atoms. The lowest BCUT2D eigenvalue weighted by molar-refractivity contribution is 1.03. The minimum absolute atomic E-state index is 0.377. The van der Waals surface area contributed by atoms with Crippen molar-refractivity contribution in [1.29, 1.82) is 5.26 Å². The molecule has 1 aromatic heterocycles. The summed E-state index contributed by atoms with van der Waals surface area (Å²) < 4.78 is 0. The molecule has 0 aliphatic heterocycles. The van der Waals surface area contributed by atoms with Gasteiger partial charge in [-0.05, 0) is 24.6 Å². The maximum atomic E-state index is 9.13. The largest absolute Gasteiger partial charge is 0.291 e. The van der Waals surface area contributed by atoms with Gasteiger partial charge in [-0.2, -0.15) is 5.26 Å². The van der Waals surface area contributed by atoms with Gasteiger partial charge in [0.05, 0.1) is 12.6 Å². The van der Waals surface area contributed by atoms with Crippen LogP contribution < -0.4 is 0 Å². The number of benzene rings is 1. The molecule has 2 aromatic rings. The molecule has 96 valence electrons. The number of rotatable bonds is 4. The van der Waals surface area contributed by atoms with Crippen LogP contribution in [0.2, 0.25) is 5.02 Å². The zero-order valence-corrected chi connectivity index (χ0v) is 11.9. The van der Waals surface area contributed by atoms with Crippen LogP contribution in [-0.2, 0) is 6.54 Å². The van der Waals surface area contributed by atoms with Gasteiger partial charge in [-0.3, -0.25) is 4.99 Å². The Labute approximate surface area is 121 Å². The van der Waals surface area contributed by atoms with Gasteiger partial charge in [-0.25, -0.2) is 4.98 Å². The first-order valence-corrected chi connectivity index (χ1v) is 7.01. The highest BCUT2D eigenvalue weighted by Crippen LogP contribution is 2.18. The topological polar surface area (TPSA) is 49.0 Å². The van der Waals surface area contributed by atoms with Crippen molar-refractivity contribution in [2.45, 2.75) is 19.4 Å². The molecule has 1 heterocycles. The quantitative estimate of drug-likeness (QED) is 0.799. The zero-order chi connectivity index (χ0) is 13.7. The number of nitriles is 1. The van der Waals surface area contributed by atoms with E-state index in [2.05, 4.69) is 16.0 Å². The minimum Gasteiger partial charge on any atom is -0.291 e. The van der Waals surface area contributed by atoms with Crippen LogP contribution in [0, 0.1) is 18.3 Å². The van der Waals surface area contributed by atoms with E-state index >= 15 is 0 Å². The second-order valence-electron chi connectivity index (χ2n) is 4.05. The number of hydrogen-bond donors (Lipinski definition) is 0. The first kappa shape index (κ1) is 13.7. The average Bonchev–Trinajstić information content (AvgIpc) is 2.81. The lowest BCUT2D eigenvalue weighted by Crippen LogP contribution is -1.97. The molecule has 0 aliphatic rings. The van der Waals surface area contributed by atoms with Crippen molar-refractivity contribution < 1.29 is 0 Å². The lowest BCUT2D eigenvalue weighted by atomic mass is 10.2. The predicted octanol–water partition coefficient (Wildman–Crippen LogP) is 3.98. The predicted molar refractivity (Wildman–Crippen MR) is 78.9 cm³/mol. The summed E-state index contributed by atoms with van der Waals surface area (Å²) in [5.41, 5.74) is 1.96. The van der Waals surface area contributed by atoms with E-state index in [9.17, 15) is 0 Å². The Morgan fingerprint density at radius 2 is 2.42 bits per heavy atom. The molecule has 0 saturated heterocycles. The molecule has 3 nitrogen and oxygen atoms in total. The molecule has 19 heavy (non-hydrogen) atoms. The number of nitrogens with zero attached hydrogens (tertiary/aromatic N) is 3. The van der Waals surface area contributed by atoms with Crippen LogP contribution in [0.3, 0.4) is 0 Å². The van der Waals surface area contributed by atoms with Crippen molar-refractivity contribution in [3.8, 4) is 6.07 Å². The summed E-state index contributed by atoms with van der Waals surface area (Å²) in [5.74, 6) is -0.377. The molecule has 0 fully saturated rings. The number of halogens is 1. The molecular formula is C14H12ClN3S. The van der Waals surface area contributed by atoms with Gasteiger partial charge in [0, 0.05) is 22.3 Å². The van der Waals surface area contributed by atoms with E-state index in [1.165, 1.54) is 11.3 Å². The highest BCUT2D eigenvalue weighted by molar-refractivity contribution is 7.09. The standard InChI is InChI=1S/C14H12ClN3S/c1-10-9-19-14(18-10)12(6-16)8-17-7-11-3-2-4-13(15)5-11/h2-5,8-9,12H,7H2,1H3/t12-/m0/s1. The Morgan fingerprint density at radius 3 is 3.05 bits per heavy atom. The second kappa shape index (κ2) is 6.46. The third kappa shape index (κ3) is 3.88. The van der Waals surface area contributed by atoms with Crippen LogP contribution in [-0.4, -0.2) is 11.2 Å². The SMILES string of the molecule is Cc1csc([C@@H](C#N)C=NCc2cccc(Cl)c2)n1. The van der Waals surface area contributed by atoms with Crippen molar-refractivity contribution >= 4 is 29.2 Å². The molecule has 0 unspecified atom stereocenters. The summed E-state index contributed by atoms with van der Waals surface area (Å²) in [6, 6.07) is 9.74. The van der Waals surface area contributed by atoms with E-state index in [1.54, 1.807) is 6.21 Å². The lowest BCUT2D eigenvalue weighted by Gasteiger charge is -1.99. The zero-order valence-electron chi connectivity index (χ0n) is 10.4. The van der Waals surface area contributed by atoms with E-state index in [0.717, 1.165) is 16.3 Å². The Kier molecular flexibility index (Phi) is 4.67. The molecule has 1 aromatic carbocycles. The number of aliphatic imine (C=N–C) groups is 1. The van der Waals surface area contributed by atoms with Gasteiger partial charge in [-0.15, -0.1) is 11.3 Å². The van der Waals surface area contributed by atoms with Crippen molar-refractivity contribution in [1.82, 2.24) is 4.98 Å². The molecule has 0 amide bonds. The van der Waals surface area contributed by atoms with E-state index in [0.29, 0.717) is 11.6 Å². The number of aromatic nitrogens is 1. The summed E-state index contributed by atoms with van der Waals surface area (Å²) in [5, 5.41) is 12.6. The van der Waals surface area contributed by atoms with Crippen LogP contribution in [0.25, 0.3) is 0 Å². The third-order valence-electron chi connectivity index (χ3n) is 2.46. The number of thiazole rings is 1. The third-order valence-corrected chi connectivity index (χ3v) is 3.74. The van der Waals surface area contributed by atoms with Gasteiger partial charge in [0.2, 0.25) is 0 Å². The first-order chi connectivity index (χ1) is 9.19. The van der Waals surface area contributed by atoms with E-state index < -0.39 is 0 Å². The van der Waals surface area contributed by atoms with Crippen LogP contribution in [0.15, 0.2) is 34.6 Å². The Balaban J connectivity index is 2.03. The summed E-state index contributed by atoms with van der Waals surface area (Å²) in [7, 11) is 0. The highest BCUT2D eigenvalue weighted by Gasteiger charge is 2.11. The summed E-state index contributed by atoms with van der Waals surface area (Å²) in [6.07, 6.45) is 1.65. The van der Waals surface area contributed by atoms with Gasteiger partial charge in [0.1, 0.15) is 10.9 Å². The Morgan fingerprint density at radius 1 is 1.58 bits per heavy atom. The van der Waals surface area contributed by atoms with Crippen LogP contribution in [0.1, 0.15) is 22.2 Å². The summed E-state index contributed by atoms with van der Waals surface area (Å²) in [4.78, 5) is 8.61. The minimum atomic E-state index is -0.377. The molecule has 0 bridgehead atoms. The van der Waals surface area contributed by atoms with E-state index in [4.69, 9.17) is 16.9 Å². The molecule has 5 heteroatoms. The number of aryl methyl sites for hydroxylation is 1. The molecule has 0 saturated carbocycles. The molecule has 2 rings (SSSR count). The second-order valence-corrected chi connectivity index (χ2v) is 5.38. The maximum absolute atomic E-state index is 9.13. The summed E-state index contributed by atoms with van der Waals surface area (Å²) >= 11 is 7.38. The molecular weight excluding hydrogens is 278 g/mol. The Bertz CT molecular complexity index is 628. The Hall–Kier alpha value is -1.70. The van der Waals surface area contributed by atoms with Crippen molar-refractivity contribution in [3.05, 3.63) is 50.9 Å². The number of hydrogen-bond acceptors (Lipinski definition) is 4. The molecule has 0 N–H and O–H groups in total. The fourth-order valence-electron chi connectivity index (χ4n) is 1.57. The highest BCUT2D eigenvalue weighted by atomic mass is 35.5. The van der Waals surface area contributed by atoms with Crippen LogP contribution >= 0.6 is 22.9 Å². The van der Waals surface area contributed by atoms with Gasteiger partial charge >= 0.3 is 0 Å². The molecule has 0 aliphatic carbocycles. The van der Waals surface area contributed by atoms with Gasteiger partial charge < -0.3 is 0 Å². The average molecular weight is 290 g/mol. The fraction of sp³-hybridized carbons (Fsp3) is 0.214.